The fraction of sp³-hybridized carbons (Fsp3) is 0.409. The fourth-order valence-electron chi connectivity index (χ4n) is 3.81. The first-order valence-electron chi connectivity index (χ1n) is 10.5. The van der Waals surface area contributed by atoms with E-state index in [1.54, 1.807) is 0 Å². The number of benzene rings is 1. The minimum Gasteiger partial charge on any atom is -0.370 e. The molecule has 0 unspecified atom stereocenters. The van der Waals surface area contributed by atoms with Crippen molar-refractivity contribution in [3.63, 3.8) is 0 Å². The number of nitrogens with zero attached hydrogens (tertiary/aromatic N) is 2. The molecule has 31 heavy (non-hydrogen) atoms. The molecule has 1 aliphatic heterocycles. The molecule has 1 aromatic carbocycles. The van der Waals surface area contributed by atoms with E-state index >= 15 is 0 Å². The Morgan fingerprint density at radius 2 is 1.90 bits per heavy atom. The molecule has 1 aliphatic rings. The van der Waals surface area contributed by atoms with Gasteiger partial charge in [0.15, 0.2) is 5.96 Å². The third kappa shape index (κ3) is 5.24. The first kappa shape index (κ1) is 22.4. The van der Waals surface area contributed by atoms with E-state index in [1.807, 2.05) is 4.90 Å². The summed E-state index contributed by atoms with van der Waals surface area (Å²) in [6.45, 7) is 10.8. The van der Waals surface area contributed by atoms with Crippen LogP contribution in [0, 0.1) is 13.8 Å². The van der Waals surface area contributed by atoms with Crippen LogP contribution in [0.3, 0.4) is 0 Å². The van der Waals surface area contributed by atoms with E-state index in [-0.39, 0.29) is 5.96 Å². The molecule has 7 N–H and O–H groups in total. The van der Waals surface area contributed by atoms with Crippen molar-refractivity contribution in [2.75, 3.05) is 31.1 Å². The number of aromatic amines is 2. The van der Waals surface area contributed by atoms with Crippen LogP contribution in [0.1, 0.15) is 35.1 Å². The van der Waals surface area contributed by atoms with Crippen LogP contribution in [0.25, 0.3) is 5.57 Å². The van der Waals surface area contributed by atoms with Crippen LogP contribution in [0.15, 0.2) is 33.3 Å². The molecule has 2 heterocycles. The molecule has 0 fully saturated rings. The second-order valence-corrected chi connectivity index (χ2v) is 7.86. The lowest BCUT2D eigenvalue weighted by Gasteiger charge is -2.31. The van der Waals surface area contributed by atoms with E-state index in [4.69, 9.17) is 11.5 Å². The van der Waals surface area contributed by atoms with Gasteiger partial charge in [0.2, 0.25) is 0 Å². The summed E-state index contributed by atoms with van der Waals surface area (Å²) >= 11 is 0. The highest BCUT2D eigenvalue weighted by Crippen LogP contribution is 2.36. The second kappa shape index (κ2) is 9.65. The van der Waals surface area contributed by atoms with Gasteiger partial charge in [0.25, 0.3) is 5.56 Å². The van der Waals surface area contributed by atoms with Crippen molar-refractivity contribution >= 4 is 23.0 Å². The number of guanidine groups is 1. The first-order valence-corrected chi connectivity index (χ1v) is 10.5. The highest BCUT2D eigenvalue weighted by atomic mass is 16.2. The molecule has 166 valence electrons. The van der Waals surface area contributed by atoms with Gasteiger partial charge in [-0.2, -0.15) is 0 Å². The van der Waals surface area contributed by atoms with E-state index in [0.717, 1.165) is 30.6 Å². The topological polar surface area (TPSA) is 145 Å². The van der Waals surface area contributed by atoms with Crippen LogP contribution in [-0.4, -0.2) is 42.1 Å². The normalized spacial score (nSPS) is 13.2. The molecule has 0 amide bonds. The van der Waals surface area contributed by atoms with Crippen molar-refractivity contribution in [2.24, 2.45) is 16.5 Å². The third-order valence-electron chi connectivity index (χ3n) is 5.55. The minimum absolute atomic E-state index is 0.0916. The Bertz CT molecular complexity index is 1110. The smallest absolute Gasteiger partial charge is 0.327 e. The monoisotopic (exact) mass is 425 g/mol. The summed E-state index contributed by atoms with van der Waals surface area (Å²) < 4.78 is 0. The van der Waals surface area contributed by atoms with Crippen molar-refractivity contribution in [1.29, 1.82) is 0 Å². The molecular weight excluding hydrogens is 394 g/mol. The van der Waals surface area contributed by atoms with Gasteiger partial charge in [0.05, 0.1) is 5.56 Å². The van der Waals surface area contributed by atoms with E-state index in [1.165, 1.54) is 11.1 Å². The number of fused-ring (bicyclic) bond motifs is 2. The van der Waals surface area contributed by atoms with Gasteiger partial charge in [-0.1, -0.05) is 12.6 Å². The summed E-state index contributed by atoms with van der Waals surface area (Å²) in [5, 5.41) is 3.38. The van der Waals surface area contributed by atoms with E-state index in [2.05, 4.69) is 52.8 Å². The lowest BCUT2D eigenvalue weighted by atomic mass is 9.93. The molecule has 9 heteroatoms. The number of aromatic nitrogens is 2. The van der Waals surface area contributed by atoms with Gasteiger partial charge in [-0.15, -0.1) is 0 Å². The van der Waals surface area contributed by atoms with Crippen molar-refractivity contribution in [3.8, 4) is 0 Å². The van der Waals surface area contributed by atoms with Gasteiger partial charge in [0, 0.05) is 25.3 Å². The number of anilines is 2. The standard InChI is InChI=1S/C22H31N7O2/c1-13-5-6-16-11-14(2)15(3)12-17(16)29(10-9-25-7-4-8-26-21(23)24)19-18(13)20(30)28-22(31)27-19/h11-12,25H,1,4-10H2,2-3H3,(H4,23,24,26)(H2,27,28,30,31). The Labute approximate surface area is 181 Å². The molecule has 0 saturated carbocycles. The molecule has 0 bridgehead atoms. The molecule has 0 atom stereocenters. The van der Waals surface area contributed by atoms with Crippen LogP contribution < -0.4 is 32.9 Å². The SMILES string of the molecule is C=C1CCc2cc(C)c(C)cc2N(CCNCCCN=C(N)N)c2[nH]c(=O)[nH]c(=O)c21. The van der Waals surface area contributed by atoms with Crippen molar-refractivity contribution < 1.29 is 0 Å². The summed E-state index contributed by atoms with van der Waals surface area (Å²) in [6.07, 6.45) is 2.22. The summed E-state index contributed by atoms with van der Waals surface area (Å²) in [7, 11) is 0. The van der Waals surface area contributed by atoms with Gasteiger partial charge in [-0.05, 0) is 68.0 Å². The van der Waals surface area contributed by atoms with Crippen molar-refractivity contribution in [1.82, 2.24) is 15.3 Å². The van der Waals surface area contributed by atoms with E-state index in [9.17, 15) is 9.59 Å². The van der Waals surface area contributed by atoms with Crippen LogP contribution in [0.2, 0.25) is 0 Å². The molecule has 0 spiro atoms. The Morgan fingerprint density at radius 1 is 1.16 bits per heavy atom. The zero-order valence-corrected chi connectivity index (χ0v) is 18.2. The Hall–Kier alpha value is -3.33. The molecule has 2 aromatic rings. The minimum atomic E-state index is -0.530. The number of nitrogens with one attached hydrogen (secondary N) is 3. The zero-order chi connectivity index (χ0) is 22.5. The molecular formula is C22H31N7O2. The Balaban J connectivity index is 1.93. The Morgan fingerprint density at radius 3 is 2.65 bits per heavy atom. The number of hydrogen-bond donors (Lipinski definition) is 5. The predicted octanol–water partition coefficient (Wildman–Crippen LogP) is 1.03. The molecule has 0 radical (unpaired) electrons. The molecule has 0 saturated heterocycles. The van der Waals surface area contributed by atoms with Crippen LogP contribution in [0.4, 0.5) is 11.5 Å². The predicted molar refractivity (Wildman–Crippen MR) is 126 cm³/mol. The van der Waals surface area contributed by atoms with E-state index < -0.39 is 11.2 Å². The maximum Gasteiger partial charge on any atom is 0.327 e. The van der Waals surface area contributed by atoms with Gasteiger partial charge in [-0.25, -0.2) is 4.79 Å². The lowest BCUT2D eigenvalue weighted by molar-refractivity contribution is 0.652. The number of hydrogen-bond acceptors (Lipinski definition) is 5. The average molecular weight is 426 g/mol. The van der Waals surface area contributed by atoms with Crippen molar-refractivity contribution in [2.45, 2.75) is 33.1 Å². The third-order valence-corrected chi connectivity index (χ3v) is 5.55. The number of rotatable bonds is 7. The number of aryl methyl sites for hydroxylation is 3. The zero-order valence-electron chi connectivity index (χ0n) is 18.2. The summed E-state index contributed by atoms with van der Waals surface area (Å²) in [5.41, 5.74) is 15.4. The number of nitrogens with two attached hydrogens (primary N) is 2. The molecule has 3 rings (SSSR count). The summed E-state index contributed by atoms with van der Waals surface area (Å²) in [5.74, 6) is 0.583. The maximum absolute atomic E-state index is 12.6. The van der Waals surface area contributed by atoms with Crippen LogP contribution in [0.5, 0.6) is 0 Å². The average Bonchev–Trinajstić information content (AvgIpc) is 2.69. The van der Waals surface area contributed by atoms with Crippen molar-refractivity contribution in [3.05, 3.63) is 61.8 Å². The number of H-pyrrole nitrogens is 2. The Kier molecular flexibility index (Phi) is 6.96. The first-order chi connectivity index (χ1) is 14.8. The largest absolute Gasteiger partial charge is 0.370 e. The highest BCUT2D eigenvalue weighted by Gasteiger charge is 2.24. The van der Waals surface area contributed by atoms with Gasteiger partial charge in [0.1, 0.15) is 5.82 Å². The quantitative estimate of drug-likeness (QED) is 0.254. The van der Waals surface area contributed by atoms with E-state index in [0.29, 0.717) is 43.0 Å². The molecule has 0 aliphatic carbocycles. The summed E-state index contributed by atoms with van der Waals surface area (Å²) in [6, 6.07) is 4.31. The summed E-state index contributed by atoms with van der Waals surface area (Å²) in [4.78, 5) is 35.9. The fourth-order valence-corrected chi connectivity index (χ4v) is 3.81. The molecule has 9 nitrogen and oxygen atoms in total. The second-order valence-electron chi connectivity index (χ2n) is 7.86. The number of allylic oxidation sites excluding steroid dienone is 1. The highest BCUT2D eigenvalue weighted by molar-refractivity contribution is 5.79. The van der Waals surface area contributed by atoms with Gasteiger partial charge in [-0.3, -0.25) is 19.8 Å². The van der Waals surface area contributed by atoms with Gasteiger partial charge >= 0.3 is 5.69 Å². The maximum atomic E-state index is 12.6. The molecule has 1 aromatic heterocycles. The van der Waals surface area contributed by atoms with Crippen LogP contribution in [-0.2, 0) is 6.42 Å². The number of aliphatic imine (C=N–C) groups is 1. The van der Waals surface area contributed by atoms with Gasteiger partial charge < -0.3 is 21.7 Å². The lowest BCUT2D eigenvalue weighted by Crippen LogP contribution is -2.36. The van der Waals surface area contributed by atoms with Crippen LogP contribution >= 0.6 is 0 Å².